The maximum Gasteiger partial charge on any atom is 0.238 e. The van der Waals surface area contributed by atoms with Gasteiger partial charge in [0, 0.05) is 22.5 Å². The molecule has 0 radical (unpaired) electrons. The van der Waals surface area contributed by atoms with E-state index in [-0.39, 0.29) is 17.5 Å². The Morgan fingerprint density at radius 1 is 0.902 bits per heavy atom. The second-order valence-corrected chi connectivity index (χ2v) is 10.9. The van der Waals surface area contributed by atoms with E-state index in [2.05, 4.69) is 5.32 Å². The summed E-state index contributed by atoms with van der Waals surface area (Å²) in [6.45, 7) is 0. The number of benzene rings is 4. The van der Waals surface area contributed by atoms with Gasteiger partial charge in [-0.3, -0.25) is 14.4 Å². The summed E-state index contributed by atoms with van der Waals surface area (Å²) in [6.07, 6.45) is 3.93. The molecular weight excluding hydrogens is 536 g/mol. The molecule has 7 rings (SSSR count). The molecule has 0 aliphatic carbocycles. The van der Waals surface area contributed by atoms with Crippen LogP contribution in [0.4, 0.5) is 11.4 Å². The highest BCUT2D eigenvalue weighted by Crippen LogP contribution is 2.58. The third-order valence-corrected chi connectivity index (χ3v) is 8.92. The van der Waals surface area contributed by atoms with Crippen LogP contribution >= 0.6 is 11.6 Å². The van der Waals surface area contributed by atoms with Crippen molar-refractivity contribution in [1.82, 2.24) is 0 Å². The Labute approximate surface area is 242 Å². The number of fused-ring (bicyclic) bond motifs is 6. The summed E-state index contributed by atoms with van der Waals surface area (Å²) in [4.78, 5) is 45.9. The van der Waals surface area contributed by atoms with E-state index in [0.29, 0.717) is 33.1 Å². The van der Waals surface area contributed by atoms with Crippen LogP contribution in [0.5, 0.6) is 5.75 Å². The van der Waals surface area contributed by atoms with Crippen LogP contribution in [0.3, 0.4) is 0 Å². The van der Waals surface area contributed by atoms with Crippen LogP contribution in [0.15, 0.2) is 103 Å². The summed E-state index contributed by atoms with van der Waals surface area (Å²) >= 11 is 6.58. The van der Waals surface area contributed by atoms with Gasteiger partial charge in [0.15, 0.2) is 11.6 Å². The normalized spacial score (nSPS) is 23.5. The molecule has 0 bridgehead atoms. The zero-order valence-electron chi connectivity index (χ0n) is 22.1. The molecule has 3 heterocycles. The molecule has 0 unspecified atom stereocenters. The number of methoxy groups -OCH3 is 1. The van der Waals surface area contributed by atoms with E-state index in [1.807, 2.05) is 65.6 Å². The zero-order valence-corrected chi connectivity index (χ0v) is 22.8. The summed E-state index contributed by atoms with van der Waals surface area (Å²) in [5, 5.41) is 3.33. The minimum atomic E-state index is -1.39. The number of carbonyl (C=O) groups is 3. The minimum absolute atomic E-state index is 0.291. The molecule has 3 aliphatic rings. The number of ketones is 2. The molecule has 202 valence electrons. The van der Waals surface area contributed by atoms with Crippen molar-refractivity contribution in [1.29, 1.82) is 0 Å². The van der Waals surface area contributed by atoms with Gasteiger partial charge in [0.1, 0.15) is 17.2 Å². The van der Waals surface area contributed by atoms with Crippen molar-refractivity contribution in [3.8, 4) is 5.75 Å². The Morgan fingerprint density at radius 3 is 2.49 bits per heavy atom. The topological polar surface area (TPSA) is 75.7 Å². The largest absolute Gasteiger partial charge is 0.497 e. The van der Waals surface area contributed by atoms with E-state index in [4.69, 9.17) is 16.3 Å². The number of ether oxygens (including phenoxy) is 1. The maximum absolute atomic E-state index is 14.8. The van der Waals surface area contributed by atoms with Crippen LogP contribution in [0, 0.1) is 5.92 Å². The van der Waals surface area contributed by atoms with E-state index in [9.17, 15) is 14.4 Å². The van der Waals surface area contributed by atoms with Crippen molar-refractivity contribution in [3.63, 3.8) is 0 Å². The van der Waals surface area contributed by atoms with Crippen LogP contribution in [0.1, 0.15) is 31.8 Å². The minimum Gasteiger partial charge on any atom is -0.497 e. The Hall–Kier alpha value is -4.68. The first-order valence-electron chi connectivity index (χ1n) is 13.4. The summed E-state index contributed by atoms with van der Waals surface area (Å²) in [7, 11) is 1.53. The average molecular weight is 561 g/mol. The molecule has 1 amide bonds. The Bertz CT molecular complexity index is 1780. The third kappa shape index (κ3) is 3.54. The standard InChI is InChI=1S/C34H25ClN2O4/c1-41-22-11-8-10-21(19-22)31(38)29-30(32(39)23-12-3-5-14-25(23)35)37-27-16-7-2-9-20(27)17-18-28(37)34(29)24-13-4-6-15-26(24)36-33(34)40/h2-19,28-30H,1H3,(H,36,40)/t28-,29-,30+,34+/m0/s1. The van der Waals surface area contributed by atoms with Crippen molar-refractivity contribution in [2.75, 3.05) is 17.3 Å². The number of Topliss-reactive ketones (excluding diaryl/α,β-unsaturated/α-hetero) is 2. The molecular formula is C34H25ClN2O4. The molecule has 4 aromatic rings. The van der Waals surface area contributed by atoms with Gasteiger partial charge < -0.3 is 15.0 Å². The fourth-order valence-electron chi connectivity index (χ4n) is 6.90. The van der Waals surface area contributed by atoms with Crippen LogP contribution in [-0.2, 0) is 10.2 Å². The number of rotatable bonds is 5. The van der Waals surface area contributed by atoms with Gasteiger partial charge in [0.2, 0.25) is 5.91 Å². The van der Waals surface area contributed by atoms with Gasteiger partial charge in [-0.1, -0.05) is 84.4 Å². The number of hydrogen-bond acceptors (Lipinski definition) is 5. The Balaban J connectivity index is 1.55. The Kier molecular flexibility index (Phi) is 5.84. The second kappa shape index (κ2) is 9.46. The maximum atomic E-state index is 14.8. The molecule has 0 aromatic heterocycles. The fourth-order valence-corrected chi connectivity index (χ4v) is 7.12. The number of nitrogens with zero attached hydrogens (tertiary/aromatic N) is 1. The zero-order chi connectivity index (χ0) is 28.3. The lowest BCUT2D eigenvalue weighted by Gasteiger charge is -2.37. The SMILES string of the molecule is COc1cccc(C(=O)[C@@H]2[C@H](C(=O)c3ccccc3Cl)N3c4ccccc4C=C[C@H]3[C@@]23C(=O)Nc2ccccc23)c1. The van der Waals surface area contributed by atoms with Gasteiger partial charge in [0.05, 0.1) is 24.1 Å². The van der Waals surface area contributed by atoms with Crippen LogP contribution in [0.2, 0.25) is 5.02 Å². The van der Waals surface area contributed by atoms with Crippen LogP contribution in [-0.4, -0.2) is 36.7 Å². The van der Waals surface area contributed by atoms with Gasteiger partial charge in [0.25, 0.3) is 0 Å². The molecule has 1 spiro atoms. The van der Waals surface area contributed by atoms with E-state index >= 15 is 0 Å². The first-order valence-corrected chi connectivity index (χ1v) is 13.8. The molecule has 7 heteroatoms. The van der Waals surface area contributed by atoms with Gasteiger partial charge in [-0.05, 0) is 47.5 Å². The van der Waals surface area contributed by atoms with E-state index in [0.717, 1.165) is 11.3 Å². The smallest absolute Gasteiger partial charge is 0.238 e. The van der Waals surface area contributed by atoms with Crippen molar-refractivity contribution >= 4 is 46.5 Å². The number of nitrogens with one attached hydrogen (secondary N) is 1. The summed E-state index contributed by atoms with van der Waals surface area (Å²) in [5.41, 5.74) is 2.29. The monoisotopic (exact) mass is 560 g/mol. The number of carbonyl (C=O) groups excluding carboxylic acids is 3. The molecule has 4 aromatic carbocycles. The summed E-state index contributed by atoms with van der Waals surface area (Å²) in [6, 6.07) is 27.2. The Morgan fingerprint density at radius 2 is 1.66 bits per heavy atom. The summed E-state index contributed by atoms with van der Waals surface area (Å²) in [5.74, 6) is -1.52. The average Bonchev–Trinajstić information content (AvgIpc) is 3.49. The van der Waals surface area contributed by atoms with Crippen molar-refractivity contribution in [2.24, 2.45) is 5.92 Å². The van der Waals surface area contributed by atoms with E-state index < -0.39 is 23.4 Å². The van der Waals surface area contributed by atoms with E-state index in [1.54, 1.807) is 48.5 Å². The van der Waals surface area contributed by atoms with Gasteiger partial charge in [-0.15, -0.1) is 0 Å². The van der Waals surface area contributed by atoms with Gasteiger partial charge >= 0.3 is 0 Å². The lowest BCUT2D eigenvalue weighted by Crippen LogP contribution is -2.51. The predicted octanol–water partition coefficient (Wildman–Crippen LogP) is 6.20. The molecule has 1 fully saturated rings. The van der Waals surface area contributed by atoms with Crippen molar-refractivity contribution in [3.05, 3.63) is 130 Å². The highest BCUT2D eigenvalue weighted by Gasteiger charge is 2.70. The number of halogens is 1. The lowest BCUT2D eigenvalue weighted by molar-refractivity contribution is -0.121. The highest BCUT2D eigenvalue weighted by atomic mass is 35.5. The number of anilines is 2. The van der Waals surface area contributed by atoms with Crippen LogP contribution < -0.4 is 15.0 Å². The molecule has 0 saturated carbocycles. The lowest BCUT2D eigenvalue weighted by atomic mass is 9.64. The van der Waals surface area contributed by atoms with Crippen LogP contribution in [0.25, 0.3) is 6.08 Å². The van der Waals surface area contributed by atoms with Gasteiger partial charge in [-0.25, -0.2) is 0 Å². The first kappa shape index (κ1) is 25.3. The molecule has 1 saturated heterocycles. The second-order valence-electron chi connectivity index (χ2n) is 10.5. The first-order chi connectivity index (χ1) is 20.0. The number of para-hydroxylation sites is 2. The fraction of sp³-hybridized carbons (Fsp3) is 0.147. The predicted molar refractivity (Wildman–Crippen MR) is 159 cm³/mol. The third-order valence-electron chi connectivity index (χ3n) is 8.59. The number of hydrogen-bond donors (Lipinski definition) is 1. The highest BCUT2D eigenvalue weighted by molar-refractivity contribution is 6.34. The number of amides is 1. The van der Waals surface area contributed by atoms with Crippen molar-refractivity contribution in [2.45, 2.75) is 17.5 Å². The molecule has 41 heavy (non-hydrogen) atoms. The quantitative estimate of drug-likeness (QED) is 0.294. The molecule has 1 N–H and O–H groups in total. The molecule has 6 nitrogen and oxygen atoms in total. The van der Waals surface area contributed by atoms with Crippen molar-refractivity contribution < 1.29 is 19.1 Å². The van der Waals surface area contributed by atoms with Gasteiger partial charge in [-0.2, -0.15) is 0 Å². The van der Waals surface area contributed by atoms with E-state index in [1.165, 1.54) is 7.11 Å². The molecule has 3 aliphatic heterocycles. The molecule has 4 atom stereocenters. The summed E-state index contributed by atoms with van der Waals surface area (Å²) < 4.78 is 5.42.